The number of benzene rings is 1. The number of nitrogens with one attached hydrogen (secondary N) is 2. The summed E-state index contributed by atoms with van der Waals surface area (Å²) in [6.07, 6.45) is 0.604. The van der Waals surface area contributed by atoms with Gasteiger partial charge in [-0.3, -0.25) is 4.99 Å². The highest BCUT2D eigenvalue weighted by Crippen LogP contribution is 2.19. The molecule has 3 aromatic rings. The molecule has 0 aliphatic rings. The molecule has 138 valence electrons. The molecule has 0 saturated carbocycles. The van der Waals surface area contributed by atoms with E-state index in [9.17, 15) is 0 Å². The van der Waals surface area contributed by atoms with E-state index in [1.807, 2.05) is 30.3 Å². The molecule has 0 aliphatic heterocycles. The van der Waals surface area contributed by atoms with Crippen LogP contribution < -0.4 is 10.6 Å². The Morgan fingerprint density at radius 2 is 2.15 bits per heavy atom. The molecule has 0 atom stereocenters. The Hall–Kier alpha value is -1.65. The van der Waals surface area contributed by atoms with Crippen molar-refractivity contribution in [2.24, 2.45) is 4.99 Å². The van der Waals surface area contributed by atoms with Gasteiger partial charge >= 0.3 is 0 Å². The molecule has 0 amide bonds. The van der Waals surface area contributed by atoms with Crippen molar-refractivity contribution in [1.82, 2.24) is 20.8 Å². The number of thiophene rings is 1. The Morgan fingerprint density at radius 1 is 1.27 bits per heavy atom. The third-order valence-corrected chi connectivity index (χ3v) is 4.53. The van der Waals surface area contributed by atoms with E-state index >= 15 is 0 Å². The fourth-order valence-electron chi connectivity index (χ4n) is 2.19. The molecule has 0 unspecified atom stereocenters. The van der Waals surface area contributed by atoms with Gasteiger partial charge in [0.25, 0.3) is 0 Å². The lowest BCUT2D eigenvalue weighted by Gasteiger charge is -2.09. The van der Waals surface area contributed by atoms with Crippen LogP contribution in [0.2, 0.25) is 5.02 Å². The maximum Gasteiger partial charge on any atom is 0.228 e. The first-order valence-corrected chi connectivity index (χ1v) is 9.06. The van der Waals surface area contributed by atoms with Gasteiger partial charge in [-0.2, -0.15) is 4.98 Å². The lowest BCUT2D eigenvalue weighted by molar-refractivity contribution is 0.378. The number of nitrogens with zero attached hydrogens (tertiary/aromatic N) is 3. The van der Waals surface area contributed by atoms with Crippen LogP contribution in [0, 0.1) is 0 Å². The zero-order valence-corrected chi connectivity index (χ0v) is 18.0. The van der Waals surface area contributed by atoms with Crippen molar-refractivity contribution in [3.8, 4) is 11.4 Å². The molecule has 6 nitrogen and oxygen atoms in total. The third kappa shape index (κ3) is 5.96. The zero-order chi connectivity index (χ0) is 17.5. The van der Waals surface area contributed by atoms with Crippen molar-refractivity contribution in [2.45, 2.75) is 13.0 Å². The summed E-state index contributed by atoms with van der Waals surface area (Å²) in [7, 11) is 1.74. The summed E-state index contributed by atoms with van der Waals surface area (Å²) in [4.78, 5) is 9.85. The third-order valence-electron chi connectivity index (χ3n) is 3.42. The maximum absolute atomic E-state index is 5.99. The first kappa shape index (κ1) is 20.7. The average molecular weight is 504 g/mol. The van der Waals surface area contributed by atoms with Gasteiger partial charge in [-0.15, -0.1) is 35.3 Å². The zero-order valence-electron chi connectivity index (χ0n) is 14.1. The van der Waals surface area contributed by atoms with Crippen LogP contribution in [0.15, 0.2) is 51.3 Å². The lowest BCUT2D eigenvalue weighted by Crippen LogP contribution is -2.37. The van der Waals surface area contributed by atoms with Crippen LogP contribution in [0.3, 0.4) is 0 Å². The van der Waals surface area contributed by atoms with Crippen LogP contribution in [-0.4, -0.2) is 29.7 Å². The van der Waals surface area contributed by atoms with E-state index in [4.69, 9.17) is 16.1 Å². The summed E-state index contributed by atoms with van der Waals surface area (Å²) in [6.45, 7) is 1.39. The smallest absolute Gasteiger partial charge is 0.228 e. The molecule has 0 saturated heterocycles. The van der Waals surface area contributed by atoms with Gasteiger partial charge in [0.2, 0.25) is 11.7 Å². The van der Waals surface area contributed by atoms with E-state index in [2.05, 4.69) is 37.2 Å². The summed E-state index contributed by atoms with van der Waals surface area (Å²) >= 11 is 7.70. The largest absolute Gasteiger partial charge is 0.356 e. The molecule has 1 aromatic carbocycles. The predicted octanol–water partition coefficient (Wildman–Crippen LogP) is 3.98. The van der Waals surface area contributed by atoms with Crippen molar-refractivity contribution in [3.63, 3.8) is 0 Å². The molecule has 0 aliphatic carbocycles. The fraction of sp³-hybridized carbons (Fsp3) is 0.235. The molecule has 2 N–H and O–H groups in total. The van der Waals surface area contributed by atoms with Gasteiger partial charge in [0, 0.05) is 35.5 Å². The number of hydrogen-bond donors (Lipinski definition) is 2. The van der Waals surface area contributed by atoms with Gasteiger partial charge in [0.15, 0.2) is 5.96 Å². The summed E-state index contributed by atoms with van der Waals surface area (Å²) in [5.74, 6) is 1.84. The quantitative estimate of drug-likeness (QED) is 0.302. The summed E-state index contributed by atoms with van der Waals surface area (Å²) in [6, 6.07) is 11.5. The van der Waals surface area contributed by atoms with Crippen LogP contribution in [0.5, 0.6) is 0 Å². The van der Waals surface area contributed by atoms with Crippen molar-refractivity contribution >= 4 is 52.9 Å². The number of aliphatic imine (C=N–C) groups is 1. The van der Waals surface area contributed by atoms with Crippen LogP contribution in [0.4, 0.5) is 0 Å². The Bertz CT molecular complexity index is 837. The van der Waals surface area contributed by atoms with Crippen molar-refractivity contribution < 1.29 is 4.52 Å². The first-order valence-electron chi connectivity index (χ1n) is 7.80. The average Bonchev–Trinajstić information content (AvgIpc) is 3.30. The van der Waals surface area contributed by atoms with E-state index in [1.165, 1.54) is 4.88 Å². The van der Waals surface area contributed by atoms with Crippen LogP contribution in [0.1, 0.15) is 10.8 Å². The number of rotatable bonds is 6. The fourth-order valence-corrected chi connectivity index (χ4v) is 3.03. The maximum atomic E-state index is 5.99. The second-order valence-corrected chi connectivity index (χ2v) is 6.67. The number of halogens is 2. The molecular weight excluding hydrogens is 485 g/mol. The van der Waals surface area contributed by atoms with Crippen molar-refractivity contribution in [3.05, 3.63) is 57.6 Å². The Labute approximate surface area is 178 Å². The topological polar surface area (TPSA) is 75.3 Å². The summed E-state index contributed by atoms with van der Waals surface area (Å²) in [5.41, 5.74) is 0.837. The van der Waals surface area contributed by atoms with Gasteiger partial charge in [0.1, 0.15) is 0 Å². The highest BCUT2D eigenvalue weighted by atomic mass is 127. The van der Waals surface area contributed by atoms with E-state index in [0.29, 0.717) is 29.7 Å². The Kier molecular flexibility index (Phi) is 8.33. The van der Waals surface area contributed by atoms with Gasteiger partial charge in [-0.05, 0) is 23.6 Å². The molecule has 26 heavy (non-hydrogen) atoms. The number of aromatic nitrogens is 2. The molecule has 0 radical (unpaired) electrons. The molecule has 3 rings (SSSR count). The van der Waals surface area contributed by atoms with E-state index in [-0.39, 0.29) is 24.0 Å². The van der Waals surface area contributed by atoms with Gasteiger partial charge in [-0.25, -0.2) is 0 Å². The minimum Gasteiger partial charge on any atom is -0.356 e. The van der Waals surface area contributed by atoms with Crippen LogP contribution in [-0.2, 0) is 13.0 Å². The van der Waals surface area contributed by atoms with E-state index in [0.717, 1.165) is 18.1 Å². The van der Waals surface area contributed by atoms with Crippen LogP contribution >= 0.6 is 46.9 Å². The Balaban J connectivity index is 0.00000243. The normalized spacial score (nSPS) is 11.1. The van der Waals surface area contributed by atoms with Gasteiger partial charge in [-0.1, -0.05) is 35.0 Å². The molecule has 2 heterocycles. The second kappa shape index (κ2) is 10.5. The molecule has 2 aromatic heterocycles. The first-order chi connectivity index (χ1) is 12.2. The molecular formula is C17H19ClIN5OS. The van der Waals surface area contributed by atoms with Crippen LogP contribution in [0.25, 0.3) is 11.4 Å². The minimum atomic E-state index is 0. The second-order valence-electron chi connectivity index (χ2n) is 5.20. The SMILES string of the molecule is CN=C(NCCc1nc(-c2cccc(Cl)c2)no1)NCc1cccs1.I. The summed E-state index contributed by atoms with van der Waals surface area (Å²) < 4.78 is 5.29. The molecule has 0 spiro atoms. The summed E-state index contributed by atoms with van der Waals surface area (Å²) in [5, 5.41) is 13.2. The monoisotopic (exact) mass is 503 g/mol. The molecule has 0 fully saturated rings. The lowest BCUT2D eigenvalue weighted by atomic mass is 10.2. The van der Waals surface area contributed by atoms with Crippen molar-refractivity contribution in [1.29, 1.82) is 0 Å². The van der Waals surface area contributed by atoms with Crippen molar-refractivity contribution in [2.75, 3.05) is 13.6 Å². The number of hydrogen-bond acceptors (Lipinski definition) is 5. The standard InChI is InChI=1S/C17H18ClN5OS.HI/c1-19-17(21-11-14-6-3-9-25-14)20-8-7-15-22-16(23-24-15)12-4-2-5-13(18)10-12;/h2-6,9-10H,7-8,11H2,1H3,(H2,19,20,21);1H. The molecule has 0 bridgehead atoms. The van der Waals surface area contributed by atoms with E-state index < -0.39 is 0 Å². The minimum absolute atomic E-state index is 0. The highest BCUT2D eigenvalue weighted by molar-refractivity contribution is 14.0. The van der Waals surface area contributed by atoms with Gasteiger partial charge < -0.3 is 15.2 Å². The van der Waals surface area contributed by atoms with Gasteiger partial charge in [0.05, 0.1) is 6.54 Å². The van der Waals surface area contributed by atoms with E-state index in [1.54, 1.807) is 18.4 Å². The molecule has 9 heteroatoms. The Morgan fingerprint density at radius 3 is 2.88 bits per heavy atom. The predicted molar refractivity (Wildman–Crippen MR) is 116 cm³/mol. The highest BCUT2D eigenvalue weighted by Gasteiger charge is 2.09. The number of guanidine groups is 1.